The molecule has 1 fully saturated rings. The molecule has 1 aromatic rings. The van der Waals surface area contributed by atoms with Crippen LogP contribution in [-0.4, -0.2) is 55.6 Å². The van der Waals surface area contributed by atoms with E-state index in [2.05, 4.69) is 53.2 Å². The number of rotatable bonds is 6. The second kappa shape index (κ2) is 7.77. The quantitative estimate of drug-likeness (QED) is 0.856. The summed E-state index contributed by atoms with van der Waals surface area (Å²) in [4.78, 5) is 5.18. The van der Waals surface area contributed by atoms with Crippen molar-refractivity contribution in [3.63, 3.8) is 0 Å². The minimum atomic E-state index is 0.679. The Bertz CT molecular complexity index is 405. The molecule has 1 aliphatic heterocycles. The van der Waals surface area contributed by atoms with Crippen molar-refractivity contribution in [2.75, 3.05) is 39.8 Å². The van der Waals surface area contributed by atoms with Gasteiger partial charge in [-0.15, -0.1) is 0 Å². The number of hydrogen-bond donors (Lipinski definition) is 1. The van der Waals surface area contributed by atoms with E-state index in [4.69, 9.17) is 0 Å². The molecule has 1 aromatic carbocycles. The van der Waals surface area contributed by atoms with E-state index in [1.54, 1.807) is 0 Å². The number of benzene rings is 1. The predicted molar refractivity (Wildman–Crippen MR) is 86.1 cm³/mol. The van der Waals surface area contributed by atoms with Gasteiger partial charge in [0, 0.05) is 32.2 Å². The van der Waals surface area contributed by atoms with Gasteiger partial charge in [-0.05, 0) is 44.6 Å². The Labute approximate surface area is 124 Å². The lowest BCUT2D eigenvalue weighted by molar-refractivity contribution is 0.0833. The maximum atomic E-state index is 3.25. The summed E-state index contributed by atoms with van der Waals surface area (Å²) in [5.41, 5.74) is 2.99. The number of likely N-dealkylation sites (N-methyl/N-ethyl adjacent to an activating group) is 2. The minimum Gasteiger partial charge on any atom is -0.319 e. The molecular weight excluding hydrogens is 246 g/mol. The van der Waals surface area contributed by atoms with Crippen molar-refractivity contribution in [2.24, 2.45) is 0 Å². The first-order chi connectivity index (χ1) is 9.74. The van der Waals surface area contributed by atoms with Crippen LogP contribution in [0.15, 0.2) is 24.3 Å². The molecule has 112 valence electrons. The SMILES string of the molecule is CCN1CCN(Cc2ccccc2CCNC)CC1C. The van der Waals surface area contributed by atoms with Gasteiger partial charge in [-0.1, -0.05) is 31.2 Å². The second-order valence-corrected chi connectivity index (χ2v) is 5.83. The molecular formula is C17H29N3. The highest BCUT2D eigenvalue weighted by atomic mass is 15.3. The van der Waals surface area contributed by atoms with E-state index in [1.165, 1.54) is 37.3 Å². The summed E-state index contributed by atoms with van der Waals surface area (Å²) in [6.45, 7) is 11.5. The fourth-order valence-electron chi connectivity index (χ4n) is 3.14. The summed E-state index contributed by atoms with van der Waals surface area (Å²) in [5.74, 6) is 0. The number of piperazine rings is 1. The normalized spacial score (nSPS) is 21.2. The van der Waals surface area contributed by atoms with E-state index in [0.717, 1.165) is 19.5 Å². The first-order valence-corrected chi connectivity index (χ1v) is 7.92. The summed E-state index contributed by atoms with van der Waals surface area (Å²) >= 11 is 0. The van der Waals surface area contributed by atoms with Gasteiger partial charge >= 0.3 is 0 Å². The van der Waals surface area contributed by atoms with Crippen LogP contribution < -0.4 is 5.32 Å². The van der Waals surface area contributed by atoms with Crippen molar-refractivity contribution in [1.82, 2.24) is 15.1 Å². The maximum Gasteiger partial charge on any atom is 0.0237 e. The zero-order chi connectivity index (χ0) is 14.4. The first kappa shape index (κ1) is 15.5. The molecule has 0 amide bonds. The van der Waals surface area contributed by atoms with Crippen LogP contribution in [0.2, 0.25) is 0 Å². The lowest BCUT2D eigenvalue weighted by Gasteiger charge is -2.39. The third kappa shape index (κ3) is 4.05. The van der Waals surface area contributed by atoms with Crippen molar-refractivity contribution >= 4 is 0 Å². The van der Waals surface area contributed by atoms with E-state index in [0.29, 0.717) is 6.04 Å². The van der Waals surface area contributed by atoms with Gasteiger partial charge in [0.25, 0.3) is 0 Å². The molecule has 1 unspecified atom stereocenters. The van der Waals surface area contributed by atoms with Gasteiger partial charge in [-0.2, -0.15) is 0 Å². The number of nitrogens with one attached hydrogen (secondary N) is 1. The molecule has 0 spiro atoms. The largest absolute Gasteiger partial charge is 0.319 e. The van der Waals surface area contributed by atoms with Crippen molar-refractivity contribution < 1.29 is 0 Å². The summed E-state index contributed by atoms with van der Waals surface area (Å²) in [6.07, 6.45) is 1.12. The molecule has 1 saturated heterocycles. The van der Waals surface area contributed by atoms with Crippen LogP contribution in [0.1, 0.15) is 25.0 Å². The average Bonchev–Trinajstić information content (AvgIpc) is 2.46. The standard InChI is InChI=1S/C17H29N3/c1-4-20-12-11-19(13-15(20)2)14-17-8-6-5-7-16(17)9-10-18-3/h5-8,15,18H,4,9-14H2,1-3H3. The summed E-state index contributed by atoms with van der Waals surface area (Å²) in [6, 6.07) is 9.58. The molecule has 1 N–H and O–H groups in total. The molecule has 20 heavy (non-hydrogen) atoms. The molecule has 0 saturated carbocycles. The van der Waals surface area contributed by atoms with Gasteiger partial charge in [0.15, 0.2) is 0 Å². The van der Waals surface area contributed by atoms with Gasteiger partial charge < -0.3 is 5.32 Å². The van der Waals surface area contributed by atoms with Gasteiger partial charge in [-0.3, -0.25) is 9.80 Å². The van der Waals surface area contributed by atoms with E-state index in [9.17, 15) is 0 Å². The Hall–Kier alpha value is -0.900. The fourth-order valence-corrected chi connectivity index (χ4v) is 3.14. The van der Waals surface area contributed by atoms with Crippen LogP contribution in [0.25, 0.3) is 0 Å². The molecule has 0 aromatic heterocycles. The molecule has 1 atom stereocenters. The van der Waals surface area contributed by atoms with Crippen LogP contribution >= 0.6 is 0 Å². The summed E-state index contributed by atoms with van der Waals surface area (Å²) in [5, 5.41) is 3.25. The Morgan fingerprint density at radius 3 is 2.60 bits per heavy atom. The minimum absolute atomic E-state index is 0.679. The zero-order valence-corrected chi connectivity index (χ0v) is 13.2. The van der Waals surface area contributed by atoms with Crippen molar-refractivity contribution in [2.45, 2.75) is 32.9 Å². The Kier molecular flexibility index (Phi) is 6.02. The highest BCUT2D eigenvalue weighted by Gasteiger charge is 2.22. The van der Waals surface area contributed by atoms with Crippen LogP contribution in [-0.2, 0) is 13.0 Å². The molecule has 0 radical (unpaired) electrons. The second-order valence-electron chi connectivity index (χ2n) is 5.83. The van der Waals surface area contributed by atoms with Gasteiger partial charge in [0.05, 0.1) is 0 Å². The fraction of sp³-hybridized carbons (Fsp3) is 0.647. The molecule has 2 rings (SSSR count). The van der Waals surface area contributed by atoms with E-state index in [-0.39, 0.29) is 0 Å². The van der Waals surface area contributed by atoms with Gasteiger partial charge in [-0.25, -0.2) is 0 Å². The highest BCUT2D eigenvalue weighted by Crippen LogP contribution is 2.16. The molecule has 3 heteroatoms. The lowest BCUT2D eigenvalue weighted by Crippen LogP contribution is -2.51. The van der Waals surface area contributed by atoms with Crippen LogP contribution in [0.3, 0.4) is 0 Å². The third-order valence-corrected chi connectivity index (χ3v) is 4.41. The summed E-state index contributed by atoms with van der Waals surface area (Å²) in [7, 11) is 2.02. The van der Waals surface area contributed by atoms with Gasteiger partial charge in [0.1, 0.15) is 0 Å². The molecule has 1 aliphatic rings. The van der Waals surface area contributed by atoms with E-state index in [1.807, 2.05) is 7.05 Å². The van der Waals surface area contributed by atoms with Crippen LogP contribution in [0.4, 0.5) is 0 Å². The third-order valence-electron chi connectivity index (χ3n) is 4.41. The topological polar surface area (TPSA) is 18.5 Å². The molecule has 0 bridgehead atoms. The van der Waals surface area contributed by atoms with Crippen molar-refractivity contribution in [3.05, 3.63) is 35.4 Å². The molecule has 0 aliphatic carbocycles. The molecule has 3 nitrogen and oxygen atoms in total. The van der Waals surface area contributed by atoms with Crippen LogP contribution in [0, 0.1) is 0 Å². The van der Waals surface area contributed by atoms with E-state index < -0.39 is 0 Å². The van der Waals surface area contributed by atoms with E-state index >= 15 is 0 Å². The number of nitrogens with zero attached hydrogens (tertiary/aromatic N) is 2. The first-order valence-electron chi connectivity index (χ1n) is 7.92. The van der Waals surface area contributed by atoms with Crippen LogP contribution in [0.5, 0.6) is 0 Å². The zero-order valence-electron chi connectivity index (χ0n) is 13.2. The number of hydrogen-bond acceptors (Lipinski definition) is 3. The predicted octanol–water partition coefficient (Wildman–Crippen LogP) is 1.97. The van der Waals surface area contributed by atoms with Gasteiger partial charge in [0.2, 0.25) is 0 Å². The monoisotopic (exact) mass is 275 g/mol. The molecule has 1 heterocycles. The Balaban J connectivity index is 1.96. The smallest absolute Gasteiger partial charge is 0.0237 e. The van der Waals surface area contributed by atoms with Crippen molar-refractivity contribution in [3.8, 4) is 0 Å². The Morgan fingerprint density at radius 1 is 1.20 bits per heavy atom. The maximum absolute atomic E-state index is 3.25. The van der Waals surface area contributed by atoms with Crippen molar-refractivity contribution in [1.29, 1.82) is 0 Å². The Morgan fingerprint density at radius 2 is 1.95 bits per heavy atom. The highest BCUT2D eigenvalue weighted by molar-refractivity contribution is 5.27. The average molecular weight is 275 g/mol. The summed E-state index contributed by atoms with van der Waals surface area (Å²) < 4.78 is 0. The lowest BCUT2D eigenvalue weighted by atomic mass is 10.0.